The van der Waals surface area contributed by atoms with Crippen LogP contribution in [-0.2, 0) is 6.42 Å². The third-order valence-electron chi connectivity index (χ3n) is 2.00. The number of hydrogen-bond acceptors (Lipinski definition) is 2. The van der Waals surface area contributed by atoms with Crippen molar-refractivity contribution in [1.29, 1.82) is 0 Å². The molecule has 2 nitrogen and oxygen atoms in total. The second kappa shape index (κ2) is 4.28. The maximum atomic E-state index is 11.3. The van der Waals surface area contributed by atoms with E-state index in [2.05, 4.69) is 0 Å². The molecular weight excluding hydrogens is 186 g/mol. The first-order chi connectivity index (χ1) is 6.20. The summed E-state index contributed by atoms with van der Waals surface area (Å²) < 4.78 is 0. The molecule has 0 amide bonds. The summed E-state index contributed by atoms with van der Waals surface area (Å²) in [5.41, 5.74) is 7.89. The van der Waals surface area contributed by atoms with Gasteiger partial charge in [0.15, 0.2) is 5.78 Å². The molecule has 0 unspecified atom stereocenters. The SMILES string of the molecule is CCc1cccc(C(=O)CCl)c1N. The zero-order valence-corrected chi connectivity index (χ0v) is 8.27. The number of nitrogen functional groups attached to an aromatic ring is 1. The van der Waals surface area contributed by atoms with Crippen molar-refractivity contribution in [2.45, 2.75) is 13.3 Å². The lowest BCUT2D eigenvalue weighted by molar-refractivity contribution is 0.102. The van der Waals surface area contributed by atoms with E-state index >= 15 is 0 Å². The minimum Gasteiger partial charge on any atom is -0.398 e. The number of rotatable bonds is 3. The zero-order chi connectivity index (χ0) is 9.84. The highest BCUT2D eigenvalue weighted by atomic mass is 35.5. The molecule has 0 aliphatic rings. The Morgan fingerprint density at radius 3 is 2.77 bits per heavy atom. The summed E-state index contributed by atoms with van der Waals surface area (Å²) in [6.07, 6.45) is 0.829. The topological polar surface area (TPSA) is 43.1 Å². The van der Waals surface area contributed by atoms with E-state index in [0.717, 1.165) is 12.0 Å². The van der Waals surface area contributed by atoms with Crippen LogP contribution in [0, 0.1) is 0 Å². The van der Waals surface area contributed by atoms with E-state index in [4.69, 9.17) is 17.3 Å². The molecule has 3 heteroatoms. The van der Waals surface area contributed by atoms with Gasteiger partial charge in [0.25, 0.3) is 0 Å². The summed E-state index contributed by atoms with van der Waals surface area (Å²) in [5.74, 6) is -0.133. The largest absolute Gasteiger partial charge is 0.398 e. The molecule has 0 aliphatic heterocycles. The molecule has 0 saturated heterocycles. The van der Waals surface area contributed by atoms with Gasteiger partial charge in [0.1, 0.15) is 0 Å². The summed E-state index contributed by atoms with van der Waals surface area (Å²) in [7, 11) is 0. The molecule has 13 heavy (non-hydrogen) atoms. The van der Waals surface area contributed by atoms with E-state index in [1.807, 2.05) is 19.1 Å². The molecule has 0 aliphatic carbocycles. The number of hydrogen-bond donors (Lipinski definition) is 1. The summed E-state index contributed by atoms with van der Waals surface area (Å²) in [4.78, 5) is 11.3. The van der Waals surface area contributed by atoms with E-state index < -0.39 is 0 Å². The van der Waals surface area contributed by atoms with Gasteiger partial charge in [-0.15, -0.1) is 11.6 Å². The Balaban J connectivity index is 3.15. The Bertz CT molecular complexity index is 323. The lowest BCUT2D eigenvalue weighted by Gasteiger charge is -2.06. The van der Waals surface area contributed by atoms with Crippen molar-refractivity contribution >= 4 is 23.1 Å². The van der Waals surface area contributed by atoms with Crippen LogP contribution in [0.4, 0.5) is 5.69 Å². The van der Waals surface area contributed by atoms with Gasteiger partial charge in [-0.1, -0.05) is 19.1 Å². The highest BCUT2D eigenvalue weighted by Gasteiger charge is 2.09. The van der Waals surface area contributed by atoms with Crippen LogP contribution in [0.2, 0.25) is 0 Å². The number of carbonyl (C=O) groups excluding carboxylic acids is 1. The van der Waals surface area contributed by atoms with Crippen LogP contribution in [0.1, 0.15) is 22.8 Å². The fourth-order valence-corrected chi connectivity index (χ4v) is 1.38. The second-order valence-corrected chi connectivity index (χ2v) is 3.06. The maximum Gasteiger partial charge on any atom is 0.179 e. The number of benzene rings is 1. The molecule has 0 spiro atoms. The molecule has 0 bridgehead atoms. The molecular formula is C10H12ClNO. The average Bonchev–Trinajstić information content (AvgIpc) is 2.17. The van der Waals surface area contributed by atoms with Crippen molar-refractivity contribution in [1.82, 2.24) is 0 Å². The lowest BCUT2D eigenvalue weighted by Crippen LogP contribution is -2.06. The van der Waals surface area contributed by atoms with Gasteiger partial charge in [-0.25, -0.2) is 0 Å². The van der Waals surface area contributed by atoms with Crippen LogP contribution in [0.25, 0.3) is 0 Å². The number of carbonyl (C=O) groups is 1. The standard InChI is InChI=1S/C10H12ClNO/c1-2-7-4-3-5-8(10(7)12)9(13)6-11/h3-5H,2,6,12H2,1H3. The first kappa shape index (κ1) is 10.1. The smallest absolute Gasteiger partial charge is 0.179 e. The first-order valence-electron chi connectivity index (χ1n) is 4.17. The molecule has 2 N–H and O–H groups in total. The predicted octanol–water partition coefficient (Wildman–Crippen LogP) is 2.25. The van der Waals surface area contributed by atoms with Crippen LogP contribution < -0.4 is 5.73 Å². The van der Waals surface area contributed by atoms with Crippen LogP contribution in [0.5, 0.6) is 0 Å². The van der Waals surface area contributed by atoms with Crippen molar-refractivity contribution in [2.24, 2.45) is 0 Å². The van der Waals surface area contributed by atoms with Crippen molar-refractivity contribution < 1.29 is 4.79 Å². The Hall–Kier alpha value is -1.02. The Morgan fingerprint density at radius 1 is 1.54 bits per heavy atom. The van der Waals surface area contributed by atoms with Crippen molar-refractivity contribution in [3.63, 3.8) is 0 Å². The normalized spacial score (nSPS) is 10.0. The lowest BCUT2D eigenvalue weighted by atomic mass is 10.0. The molecule has 70 valence electrons. The molecule has 0 heterocycles. The molecule has 1 aromatic carbocycles. The van der Waals surface area contributed by atoms with Crippen LogP contribution in [0.15, 0.2) is 18.2 Å². The number of anilines is 1. The van der Waals surface area contributed by atoms with Gasteiger partial charge in [-0.05, 0) is 18.1 Å². The van der Waals surface area contributed by atoms with E-state index in [0.29, 0.717) is 11.3 Å². The minimum atomic E-state index is -0.116. The van der Waals surface area contributed by atoms with Gasteiger partial charge in [-0.3, -0.25) is 4.79 Å². The van der Waals surface area contributed by atoms with E-state index in [9.17, 15) is 4.79 Å². The third-order valence-corrected chi connectivity index (χ3v) is 2.24. The quantitative estimate of drug-likeness (QED) is 0.459. The Morgan fingerprint density at radius 2 is 2.23 bits per heavy atom. The summed E-state index contributed by atoms with van der Waals surface area (Å²) in [6.45, 7) is 2.00. The van der Waals surface area contributed by atoms with E-state index in [-0.39, 0.29) is 11.7 Å². The number of ketones is 1. The Kier molecular flexibility index (Phi) is 3.32. The van der Waals surface area contributed by atoms with Gasteiger partial charge in [-0.2, -0.15) is 0 Å². The van der Waals surface area contributed by atoms with Crippen molar-refractivity contribution in [3.05, 3.63) is 29.3 Å². The van der Waals surface area contributed by atoms with Crippen molar-refractivity contribution in [2.75, 3.05) is 11.6 Å². The van der Waals surface area contributed by atoms with Gasteiger partial charge < -0.3 is 5.73 Å². The minimum absolute atomic E-state index is 0.0165. The second-order valence-electron chi connectivity index (χ2n) is 2.79. The number of Topliss-reactive ketones (excluding diaryl/α,β-unsaturated/α-hetero) is 1. The number of halogens is 1. The van der Waals surface area contributed by atoms with Gasteiger partial charge in [0, 0.05) is 11.3 Å². The fraction of sp³-hybridized carbons (Fsp3) is 0.300. The summed E-state index contributed by atoms with van der Waals surface area (Å²) in [6, 6.07) is 5.45. The third kappa shape index (κ3) is 2.01. The monoisotopic (exact) mass is 197 g/mol. The van der Waals surface area contributed by atoms with Gasteiger partial charge in [0.05, 0.1) is 5.88 Å². The molecule has 1 aromatic rings. The van der Waals surface area contributed by atoms with Crippen LogP contribution in [0.3, 0.4) is 0 Å². The maximum absolute atomic E-state index is 11.3. The zero-order valence-electron chi connectivity index (χ0n) is 7.51. The Labute approximate surface area is 82.7 Å². The highest BCUT2D eigenvalue weighted by molar-refractivity contribution is 6.31. The number of para-hydroxylation sites is 1. The predicted molar refractivity (Wildman–Crippen MR) is 55.3 cm³/mol. The summed E-state index contributed by atoms with van der Waals surface area (Å²) >= 11 is 5.45. The first-order valence-corrected chi connectivity index (χ1v) is 4.70. The van der Waals surface area contributed by atoms with E-state index in [1.165, 1.54) is 0 Å². The van der Waals surface area contributed by atoms with Crippen LogP contribution >= 0.6 is 11.6 Å². The van der Waals surface area contributed by atoms with Crippen LogP contribution in [-0.4, -0.2) is 11.7 Å². The molecule has 1 rings (SSSR count). The molecule has 0 saturated carbocycles. The molecule has 0 aromatic heterocycles. The molecule has 0 radical (unpaired) electrons. The van der Waals surface area contributed by atoms with Crippen molar-refractivity contribution in [3.8, 4) is 0 Å². The number of alkyl halides is 1. The van der Waals surface area contributed by atoms with Gasteiger partial charge in [0.2, 0.25) is 0 Å². The number of nitrogens with two attached hydrogens (primary N) is 1. The molecule has 0 atom stereocenters. The molecule has 0 fully saturated rings. The van der Waals surface area contributed by atoms with Gasteiger partial charge >= 0.3 is 0 Å². The summed E-state index contributed by atoms with van der Waals surface area (Å²) in [5, 5.41) is 0. The average molecular weight is 198 g/mol. The fourth-order valence-electron chi connectivity index (χ4n) is 1.24. The van der Waals surface area contributed by atoms with E-state index in [1.54, 1.807) is 6.07 Å². The number of aryl methyl sites for hydroxylation is 1. The highest BCUT2D eigenvalue weighted by Crippen LogP contribution is 2.18.